The van der Waals surface area contributed by atoms with E-state index in [1.165, 1.54) is 11.3 Å². The van der Waals surface area contributed by atoms with Crippen molar-refractivity contribution in [3.63, 3.8) is 0 Å². The van der Waals surface area contributed by atoms with Crippen LogP contribution in [0.2, 0.25) is 0 Å². The Balaban J connectivity index is 1.43. The van der Waals surface area contributed by atoms with Gasteiger partial charge in [0.2, 0.25) is 4.80 Å². The summed E-state index contributed by atoms with van der Waals surface area (Å²) < 4.78 is 7.01. The number of H-pyrrole nitrogens is 1. The largest absolute Gasteiger partial charge is 0.497 e. The van der Waals surface area contributed by atoms with Crippen LogP contribution in [0.4, 0.5) is 0 Å². The molecular weight excluding hydrogens is 474 g/mol. The maximum Gasteiger partial charge on any atom is 0.279 e. The van der Waals surface area contributed by atoms with E-state index in [9.17, 15) is 4.79 Å². The number of tetrazole rings is 1. The minimum absolute atomic E-state index is 0.331. The van der Waals surface area contributed by atoms with Gasteiger partial charge in [0, 0.05) is 11.1 Å². The van der Waals surface area contributed by atoms with Crippen LogP contribution in [-0.2, 0) is 13.0 Å². The van der Waals surface area contributed by atoms with Crippen LogP contribution in [0, 0.1) is 0 Å². The Morgan fingerprint density at radius 1 is 1.06 bits per heavy atom. The fraction of sp³-hybridized carbons (Fsp3) is 0.154. The molecule has 0 atom stereocenters. The SMILES string of the molecule is CCc1nn(Cc2ccc(-c3ccccc3-c3nnn[nH]3)cc2)c(=NC(=O)c2cccc(OC)c2)s1. The first kappa shape index (κ1) is 23.3. The van der Waals surface area contributed by atoms with Gasteiger partial charge < -0.3 is 4.74 Å². The van der Waals surface area contributed by atoms with Crippen LogP contribution in [0.5, 0.6) is 5.75 Å². The van der Waals surface area contributed by atoms with E-state index in [0.29, 0.717) is 28.5 Å². The van der Waals surface area contributed by atoms with Gasteiger partial charge in [-0.25, -0.2) is 9.78 Å². The Kier molecular flexibility index (Phi) is 6.76. The van der Waals surface area contributed by atoms with E-state index >= 15 is 0 Å². The van der Waals surface area contributed by atoms with Crippen molar-refractivity contribution in [2.75, 3.05) is 7.11 Å². The Morgan fingerprint density at radius 2 is 1.86 bits per heavy atom. The van der Waals surface area contributed by atoms with Crippen molar-refractivity contribution in [3.8, 4) is 28.3 Å². The number of methoxy groups -OCH3 is 1. The third-order valence-corrected chi connectivity index (χ3v) is 6.69. The lowest BCUT2D eigenvalue weighted by molar-refractivity contribution is 0.0997. The number of aryl methyl sites for hydroxylation is 1. The summed E-state index contributed by atoms with van der Waals surface area (Å²) in [4.78, 5) is 17.8. The van der Waals surface area contributed by atoms with Crippen molar-refractivity contribution >= 4 is 17.2 Å². The zero-order chi connectivity index (χ0) is 24.9. The molecule has 0 aliphatic carbocycles. The molecule has 10 heteroatoms. The van der Waals surface area contributed by atoms with Crippen molar-refractivity contribution in [2.45, 2.75) is 19.9 Å². The lowest BCUT2D eigenvalue weighted by atomic mass is 9.98. The first-order valence-corrected chi connectivity index (χ1v) is 12.2. The molecule has 2 aromatic heterocycles. The number of amides is 1. The molecule has 0 fully saturated rings. The molecule has 3 aromatic carbocycles. The van der Waals surface area contributed by atoms with Crippen LogP contribution in [0.3, 0.4) is 0 Å². The second-order valence-corrected chi connectivity index (χ2v) is 8.97. The number of rotatable bonds is 7. The number of nitrogens with one attached hydrogen (secondary N) is 1. The number of nitrogens with zero attached hydrogens (tertiary/aromatic N) is 6. The summed E-state index contributed by atoms with van der Waals surface area (Å²) in [5.74, 6) is 0.901. The minimum atomic E-state index is -0.331. The van der Waals surface area contributed by atoms with Crippen LogP contribution in [0.25, 0.3) is 22.5 Å². The fourth-order valence-corrected chi connectivity index (χ4v) is 4.60. The first-order chi connectivity index (χ1) is 17.6. The maximum atomic E-state index is 12.8. The van der Waals surface area contributed by atoms with E-state index in [2.05, 4.69) is 55.0 Å². The van der Waals surface area contributed by atoms with Crippen molar-refractivity contribution in [2.24, 2.45) is 4.99 Å². The fourth-order valence-electron chi connectivity index (χ4n) is 3.77. The van der Waals surface area contributed by atoms with Gasteiger partial charge in [-0.2, -0.15) is 10.1 Å². The standard InChI is InChI=1S/C26H23N7O2S/c1-3-23-30-33(26(36-23)27-25(34)19-7-6-8-20(15-19)35-2)16-17-11-13-18(14-12-17)21-9-4-5-10-22(21)24-28-31-32-29-24/h4-15H,3,16H2,1-2H3,(H,28,29,31,32). The van der Waals surface area contributed by atoms with E-state index in [1.54, 1.807) is 36.1 Å². The molecule has 0 unspecified atom stereocenters. The van der Waals surface area contributed by atoms with Gasteiger partial charge in [-0.1, -0.05) is 72.9 Å². The van der Waals surface area contributed by atoms with E-state index in [0.717, 1.165) is 33.7 Å². The molecule has 0 saturated carbocycles. The number of carbonyl (C=O) groups excluding carboxylic acids is 1. The number of ether oxygens (including phenoxy) is 1. The highest BCUT2D eigenvalue weighted by Gasteiger charge is 2.12. The number of aromatic amines is 1. The topological polar surface area (TPSA) is 111 Å². The summed E-state index contributed by atoms with van der Waals surface area (Å²) in [6, 6.07) is 23.2. The number of hydrogen-bond acceptors (Lipinski definition) is 7. The molecule has 0 spiro atoms. The summed E-state index contributed by atoms with van der Waals surface area (Å²) in [5.41, 5.74) is 4.50. The van der Waals surface area contributed by atoms with Crippen molar-refractivity contribution in [1.82, 2.24) is 30.4 Å². The highest BCUT2D eigenvalue weighted by molar-refractivity contribution is 7.08. The predicted octanol–water partition coefficient (Wildman–Crippen LogP) is 4.15. The molecule has 0 saturated heterocycles. The number of hydrogen-bond donors (Lipinski definition) is 1. The summed E-state index contributed by atoms with van der Waals surface area (Å²) >= 11 is 1.42. The van der Waals surface area contributed by atoms with Gasteiger partial charge in [-0.15, -0.1) is 5.10 Å². The Labute approximate surface area is 211 Å². The second-order valence-electron chi connectivity index (χ2n) is 7.93. The lowest BCUT2D eigenvalue weighted by Crippen LogP contribution is -2.19. The molecule has 0 aliphatic heterocycles. The van der Waals surface area contributed by atoms with Crippen LogP contribution in [-0.4, -0.2) is 43.4 Å². The predicted molar refractivity (Wildman–Crippen MR) is 137 cm³/mol. The smallest absolute Gasteiger partial charge is 0.279 e. The van der Waals surface area contributed by atoms with Gasteiger partial charge in [-0.3, -0.25) is 4.79 Å². The lowest BCUT2D eigenvalue weighted by Gasteiger charge is -2.08. The molecule has 2 heterocycles. The normalized spacial score (nSPS) is 11.6. The Hall–Kier alpha value is -4.44. The molecule has 1 amide bonds. The quantitative estimate of drug-likeness (QED) is 0.362. The van der Waals surface area contributed by atoms with Crippen LogP contribution < -0.4 is 9.54 Å². The molecule has 9 nitrogen and oxygen atoms in total. The third-order valence-electron chi connectivity index (χ3n) is 5.60. The Morgan fingerprint density at radius 3 is 2.58 bits per heavy atom. The average Bonchev–Trinajstić information content (AvgIpc) is 3.60. The number of benzene rings is 3. The molecule has 0 radical (unpaired) electrons. The van der Waals surface area contributed by atoms with Gasteiger partial charge >= 0.3 is 0 Å². The van der Waals surface area contributed by atoms with Gasteiger partial charge in [0.1, 0.15) is 10.8 Å². The van der Waals surface area contributed by atoms with Gasteiger partial charge in [0.25, 0.3) is 5.91 Å². The first-order valence-electron chi connectivity index (χ1n) is 11.4. The summed E-state index contributed by atoms with van der Waals surface area (Å²) in [7, 11) is 1.57. The van der Waals surface area contributed by atoms with Crippen molar-refractivity contribution < 1.29 is 9.53 Å². The number of carbonyl (C=O) groups is 1. The molecule has 5 rings (SSSR count). The summed E-state index contributed by atoms with van der Waals surface area (Å²) in [5, 5.41) is 19.8. The zero-order valence-corrected chi connectivity index (χ0v) is 20.6. The third kappa shape index (κ3) is 4.98. The summed E-state index contributed by atoms with van der Waals surface area (Å²) in [6.07, 6.45) is 0.764. The summed E-state index contributed by atoms with van der Waals surface area (Å²) in [6.45, 7) is 2.53. The Bertz CT molecular complexity index is 1550. The molecule has 36 heavy (non-hydrogen) atoms. The van der Waals surface area contributed by atoms with E-state index in [-0.39, 0.29) is 5.91 Å². The molecule has 180 valence electrons. The van der Waals surface area contributed by atoms with Crippen molar-refractivity contribution in [3.05, 3.63) is 93.7 Å². The van der Waals surface area contributed by atoms with Crippen LogP contribution >= 0.6 is 11.3 Å². The molecular formula is C26H23N7O2S. The molecule has 0 bridgehead atoms. The minimum Gasteiger partial charge on any atom is -0.497 e. The van der Waals surface area contributed by atoms with Gasteiger partial charge in [0.15, 0.2) is 5.82 Å². The highest BCUT2D eigenvalue weighted by atomic mass is 32.1. The van der Waals surface area contributed by atoms with E-state index in [4.69, 9.17) is 4.74 Å². The molecule has 0 aliphatic rings. The highest BCUT2D eigenvalue weighted by Crippen LogP contribution is 2.29. The van der Waals surface area contributed by atoms with E-state index < -0.39 is 0 Å². The van der Waals surface area contributed by atoms with E-state index in [1.807, 2.05) is 31.2 Å². The van der Waals surface area contributed by atoms with Crippen LogP contribution in [0.15, 0.2) is 77.8 Å². The maximum absolute atomic E-state index is 12.8. The second kappa shape index (κ2) is 10.4. The van der Waals surface area contributed by atoms with Gasteiger partial charge in [-0.05, 0) is 51.7 Å². The monoisotopic (exact) mass is 497 g/mol. The average molecular weight is 498 g/mol. The number of aromatic nitrogens is 6. The van der Waals surface area contributed by atoms with Crippen LogP contribution in [0.1, 0.15) is 27.9 Å². The zero-order valence-electron chi connectivity index (χ0n) is 19.8. The molecule has 5 aromatic rings. The molecule has 1 N–H and O–H groups in total. The van der Waals surface area contributed by atoms with Gasteiger partial charge in [0.05, 0.1) is 13.7 Å². The van der Waals surface area contributed by atoms with Crippen molar-refractivity contribution in [1.29, 1.82) is 0 Å².